The highest BCUT2D eigenvalue weighted by Gasteiger charge is 2.30. The molecular weight excluding hydrogens is 268 g/mol. The van der Waals surface area contributed by atoms with Crippen LogP contribution in [0.25, 0.3) is 0 Å². The molecule has 0 radical (unpaired) electrons. The topological polar surface area (TPSA) is 55.1 Å². The van der Waals surface area contributed by atoms with Gasteiger partial charge < -0.3 is 11.1 Å². The first-order valence-corrected chi connectivity index (χ1v) is 7.56. The molecule has 0 saturated heterocycles. The summed E-state index contributed by atoms with van der Waals surface area (Å²) in [6.45, 7) is 10.8. The SMILES string of the molecule is CCCCSC(C)C(=O)NC(C)(CN)C(C)C.Cl. The third-order valence-corrected chi connectivity index (χ3v) is 4.58. The molecule has 0 spiro atoms. The Hall–Kier alpha value is 0.0700. The zero-order chi connectivity index (χ0) is 13.5. The molecule has 110 valence electrons. The van der Waals surface area contributed by atoms with Crippen molar-refractivity contribution >= 4 is 30.1 Å². The van der Waals surface area contributed by atoms with Crippen LogP contribution in [0.4, 0.5) is 0 Å². The normalized spacial score (nSPS) is 15.7. The monoisotopic (exact) mass is 296 g/mol. The van der Waals surface area contributed by atoms with E-state index in [9.17, 15) is 4.79 Å². The molecule has 0 aromatic carbocycles. The van der Waals surface area contributed by atoms with Gasteiger partial charge in [-0.05, 0) is 31.9 Å². The summed E-state index contributed by atoms with van der Waals surface area (Å²) in [5, 5.41) is 3.09. The van der Waals surface area contributed by atoms with Gasteiger partial charge in [-0.25, -0.2) is 0 Å². The molecule has 0 aliphatic carbocycles. The zero-order valence-electron chi connectivity index (χ0n) is 12.3. The Morgan fingerprint density at radius 2 is 1.94 bits per heavy atom. The van der Waals surface area contributed by atoms with Crippen LogP contribution < -0.4 is 11.1 Å². The Bertz CT molecular complexity index is 239. The van der Waals surface area contributed by atoms with E-state index in [4.69, 9.17) is 5.73 Å². The van der Waals surface area contributed by atoms with Crippen LogP contribution in [0.1, 0.15) is 47.5 Å². The van der Waals surface area contributed by atoms with Gasteiger partial charge in [-0.3, -0.25) is 4.79 Å². The summed E-state index contributed by atoms with van der Waals surface area (Å²) >= 11 is 1.72. The number of hydrogen-bond acceptors (Lipinski definition) is 3. The Balaban J connectivity index is 0. The van der Waals surface area contributed by atoms with Crippen LogP contribution in [0.3, 0.4) is 0 Å². The van der Waals surface area contributed by atoms with E-state index < -0.39 is 0 Å². The Morgan fingerprint density at radius 3 is 2.33 bits per heavy atom. The maximum Gasteiger partial charge on any atom is 0.233 e. The average molecular weight is 297 g/mol. The minimum Gasteiger partial charge on any atom is -0.348 e. The summed E-state index contributed by atoms with van der Waals surface area (Å²) in [7, 11) is 0. The van der Waals surface area contributed by atoms with E-state index in [1.54, 1.807) is 11.8 Å². The van der Waals surface area contributed by atoms with Gasteiger partial charge in [0.15, 0.2) is 0 Å². The lowest BCUT2D eigenvalue weighted by atomic mass is 9.88. The third kappa shape index (κ3) is 6.86. The quantitative estimate of drug-likeness (QED) is 0.677. The van der Waals surface area contributed by atoms with Gasteiger partial charge in [0.1, 0.15) is 0 Å². The average Bonchev–Trinajstić information content (AvgIpc) is 2.28. The predicted molar refractivity (Wildman–Crippen MR) is 84.5 cm³/mol. The number of carbonyl (C=O) groups is 1. The number of amides is 1. The highest BCUT2D eigenvalue weighted by atomic mass is 35.5. The summed E-state index contributed by atoms with van der Waals surface area (Å²) in [6.07, 6.45) is 2.34. The summed E-state index contributed by atoms with van der Waals surface area (Å²) in [5.74, 6) is 1.49. The largest absolute Gasteiger partial charge is 0.348 e. The summed E-state index contributed by atoms with van der Waals surface area (Å²) in [6, 6.07) is 0. The van der Waals surface area contributed by atoms with Gasteiger partial charge in [-0.15, -0.1) is 24.2 Å². The third-order valence-electron chi connectivity index (χ3n) is 3.34. The van der Waals surface area contributed by atoms with E-state index in [2.05, 4.69) is 26.1 Å². The minimum atomic E-state index is -0.295. The molecule has 3 N–H and O–H groups in total. The molecule has 0 bridgehead atoms. The molecule has 5 heteroatoms. The van der Waals surface area contributed by atoms with E-state index in [1.165, 1.54) is 12.8 Å². The lowest BCUT2D eigenvalue weighted by Crippen LogP contribution is -2.56. The van der Waals surface area contributed by atoms with Gasteiger partial charge in [-0.2, -0.15) is 0 Å². The number of hydrogen-bond donors (Lipinski definition) is 2. The van der Waals surface area contributed by atoms with Crippen molar-refractivity contribution < 1.29 is 4.79 Å². The lowest BCUT2D eigenvalue weighted by molar-refractivity contribution is -0.122. The number of unbranched alkanes of at least 4 members (excludes halogenated alkanes) is 1. The number of halogens is 1. The van der Waals surface area contributed by atoms with Crippen LogP contribution in [0.2, 0.25) is 0 Å². The van der Waals surface area contributed by atoms with Crippen LogP contribution in [-0.4, -0.2) is 29.0 Å². The minimum absolute atomic E-state index is 0. The standard InChI is InChI=1S/C13H28N2OS.ClH/c1-6-7-8-17-11(4)12(16)15-13(5,9-14)10(2)3;/h10-11H,6-9,14H2,1-5H3,(H,15,16);1H. The van der Waals surface area contributed by atoms with Gasteiger partial charge in [-0.1, -0.05) is 27.2 Å². The summed E-state index contributed by atoms with van der Waals surface area (Å²) in [4.78, 5) is 12.0. The molecule has 0 aromatic heterocycles. The summed E-state index contributed by atoms with van der Waals surface area (Å²) in [5.41, 5.74) is 5.46. The van der Waals surface area contributed by atoms with E-state index in [1.807, 2.05) is 13.8 Å². The zero-order valence-corrected chi connectivity index (χ0v) is 13.9. The molecule has 3 nitrogen and oxygen atoms in total. The smallest absolute Gasteiger partial charge is 0.233 e. The molecule has 0 aliphatic heterocycles. The lowest BCUT2D eigenvalue weighted by Gasteiger charge is -2.34. The molecule has 0 fully saturated rings. The molecule has 2 atom stereocenters. The predicted octanol–water partition coefficient (Wildman–Crippen LogP) is 2.82. The van der Waals surface area contributed by atoms with Crippen molar-refractivity contribution in [3.63, 3.8) is 0 Å². The highest BCUT2D eigenvalue weighted by molar-refractivity contribution is 8.00. The van der Waals surface area contributed by atoms with Crippen molar-refractivity contribution in [1.29, 1.82) is 0 Å². The van der Waals surface area contributed by atoms with Gasteiger partial charge in [0, 0.05) is 6.54 Å². The number of nitrogens with two attached hydrogens (primary N) is 1. The van der Waals surface area contributed by atoms with Crippen molar-refractivity contribution in [2.45, 2.75) is 58.2 Å². The number of rotatable bonds is 8. The first kappa shape index (κ1) is 20.4. The molecule has 1 amide bonds. The van der Waals surface area contributed by atoms with Crippen LogP contribution in [-0.2, 0) is 4.79 Å². The maximum atomic E-state index is 12.0. The number of carbonyl (C=O) groups excluding carboxylic acids is 1. The van der Waals surface area contributed by atoms with Crippen molar-refractivity contribution in [2.75, 3.05) is 12.3 Å². The molecule has 0 saturated carbocycles. The number of thioether (sulfide) groups is 1. The fourth-order valence-electron chi connectivity index (χ4n) is 1.29. The second-order valence-electron chi connectivity index (χ2n) is 5.13. The Morgan fingerprint density at radius 1 is 1.39 bits per heavy atom. The van der Waals surface area contributed by atoms with Gasteiger partial charge in [0.2, 0.25) is 5.91 Å². The first-order valence-electron chi connectivity index (χ1n) is 6.51. The highest BCUT2D eigenvalue weighted by Crippen LogP contribution is 2.18. The maximum absolute atomic E-state index is 12.0. The number of nitrogens with one attached hydrogen (secondary N) is 1. The fraction of sp³-hybridized carbons (Fsp3) is 0.923. The molecule has 0 aliphatic rings. The van der Waals surface area contributed by atoms with Crippen LogP contribution in [0.5, 0.6) is 0 Å². The van der Waals surface area contributed by atoms with Crippen LogP contribution >= 0.6 is 24.2 Å². The van der Waals surface area contributed by atoms with Crippen molar-refractivity contribution in [3.8, 4) is 0 Å². The Kier molecular flexibility index (Phi) is 11.2. The summed E-state index contributed by atoms with van der Waals surface area (Å²) < 4.78 is 0. The first-order chi connectivity index (χ1) is 7.87. The van der Waals surface area contributed by atoms with Crippen LogP contribution in [0, 0.1) is 5.92 Å². The molecule has 18 heavy (non-hydrogen) atoms. The molecule has 0 heterocycles. The van der Waals surface area contributed by atoms with E-state index in [0.29, 0.717) is 12.5 Å². The van der Waals surface area contributed by atoms with Crippen molar-refractivity contribution in [2.24, 2.45) is 11.7 Å². The fourth-order valence-corrected chi connectivity index (χ4v) is 2.31. The second-order valence-corrected chi connectivity index (χ2v) is 6.58. The molecule has 0 aromatic rings. The van der Waals surface area contributed by atoms with Crippen molar-refractivity contribution in [3.05, 3.63) is 0 Å². The Labute approximate surface area is 122 Å². The van der Waals surface area contributed by atoms with Gasteiger partial charge in [0.05, 0.1) is 10.8 Å². The van der Waals surface area contributed by atoms with E-state index in [0.717, 1.165) is 5.75 Å². The van der Waals surface area contributed by atoms with Crippen LogP contribution in [0.15, 0.2) is 0 Å². The molecule has 0 rings (SSSR count). The molecular formula is C13H29ClN2OS. The second kappa shape index (κ2) is 9.93. The van der Waals surface area contributed by atoms with Gasteiger partial charge >= 0.3 is 0 Å². The molecule has 2 unspecified atom stereocenters. The van der Waals surface area contributed by atoms with E-state index in [-0.39, 0.29) is 29.1 Å². The van der Waals surface area contributed by atoms with E-state index >= 15 is 0 Å². The van der Waals surface area contributed by atoms with Gasteiger partial charge in [0.25, 0.3) is 0 Å². The van der Waals surface area contributed by atoms with Crippen molar-refractivity contribution in [1.82, 2.24) is 5.32 Å².